The fourth-order valence-corrected chi connectivity index (χ4v) is 2.48. The standard InChI is InChI=1S/C18H21N3.C5H12.C2H6/c1-4-5-6-15-8-7-14(13-19)11-17(15)18-12-16(21(2)3)9-10-20-18;1-4-5(2)3;1-2/h4-5,7,9-12,15H,6,8H2,1-3H3;5H,4H2,1-3H3;1-2H3. The first kappa shape index (κ1) is 25.7. The van der Waals surface area contributed by atoms with E-state index in [9.17, 15) is 0 Å². The molecule has 1 aromatic rings. The molecule has 2 rings (SSSR count). The van der Waals surface area contributed by atoms with Gasteiger partial charge in [0, 0.05) is 31.6 Å². The third-order valence-corrected chi connectivity index (χ3v) is 4.53. The first-order chi connectivity index (χ1) is 13.4. The first-order valence-corrected chi connectivity index (χ1v) is 10.5. The molecule has 0 fully saturated rings. The summed E-state index contributed by atoms with van der Waals surface area (Å²) in [5.74, 6) is 1.28. The number of anilines is 1. The van der Waals surface area contributed by atoms with Crippen molar-refractivity contribution in [3.05, 3.63) is 53.9 Å². The number of allylic oxidation sites excluding steroid dienone is 6. The number of nitriles is 1. The zero-order valence-electron chi connectivity index (χ0n) is 19.2. The van der Waals surface area contributed by atoms with Crippen LogP contribution in [0.1, 0.15) is 66.5 Å². The minimum Gasteiger partial charge on any atom is -0.378 e. The van der Waals surface area contributed by atoms with Crippen LogP contribution in [0.4, 0.5) is 5.69 Å². The summed E-state index contributed by atoms with van der Waals surface area (Å²) in [5.41, 5.74) is 3.99. The minimum atomic E-state index is 0.392. The van der Waals surface area contributed by atoms with E-state index in [-0.39, 0.29) is 0 Å². The quantitative estimate of drug-likeness (QED) is 0.513. The molecule has 0 N–H and O–H groups in total. The molecule has 0 saturated heterocycles. The molecule has 1 atom stereocenters. The van der Waals surface area contributed by atoms with Crippen LogP contribution in [-0.4, -0.2) is 19.1 Å². The SMILES string of the molecule is CC.CC=CCC1CC=C(C#N)C=C1c1cc(N(C)C)ccn1.CCC(C)C. The van der Waals surface area contributed by atoms with Gasteiger partial charge in [-0.15, -0.1) is 0 Å². The highest BCUT2D eigenvalue weighted by Gasteiger charge is 2.20. The zero-order valence-corrected chi connectivity index (χ0v) is 19.2. The van der Waals surface area contributed by atoms with E-state index in [1.165, 1.54) is 6.42 Å². The molecule has 0 bridgehead atoms. The highest BCUT2D eigenvalue weighted by Crippen LogP contribution is 2.34. The summed E-state index contributed by atoms with van der Waals surface area (Å²) < 4.78 is 0. The molecule has 0 radical (unpaired) electrons. The molecule has 1 aliphatic rings. The number of hydrogen-bond donors (Lipinski definition) is 0. The van der Waals surface area contributed by atoms with Gasteiger partial charge in [0.25, 0.3) is 0 Å². The Morgan fingerprint density at radius 1 is 1.32 bits per heavy atom. The average Bonchev–Trinajstić information content (AvgIpc) is 2.74. The Labute approximate surface area is 173 Å². The van der Waals surface area contributed by atoms with Gasteiger partial charge in [-0.2, -0.15) is 5.26 Å². The van der Waals surface area contributed by atoms with E-state index < -0.39 is 0 Å². The monoisotopic (exact) mass is 381 g/mol. The van der Waals surface area contributed by atoms with Crippen LogP contribution in [0.15, 0.2) is 48.2 Å². The summed E-state index contributed by atoms with van der Waals surface area (Å²) >= 11 is 0. The summed E-state index contributed by atoms with van der Waals surface area (Å²) in [6.07, 6.45) is 13.3. The van der Waals surface area contributed by atoms with Gasteiger partial charge in [-0.1, -0.05) is 59.3 Å². The number of hydrogen-bond acceptors (Lipinski definition) is 3. The van der Waals surface area contributed by atoms with E-state index in [1.54, 1.807) is 0 Å². The molecule has 0 aromatic carbocycles. The molecule has 0 spiro atoms. The Hall–Kier alpha value is -2.34. The molecule has 3 heteroatoms. The lowest BCUT2D eigenvalue weighted by Gasteiger charge is -2.22. The Bertz CT molecular complexity index is 688. The second-order valence-corrected chi connectivity index (χ2v) is 7.20. The average molecular weight is 382 g/mol. The number of pyridine rings is 1. The lowest BCUT2D eigenvalue weighted by molar-refractivity contribution is 0.626. The van der Waals surface area contributed by atoms with E-state index in [4.69, 9.17) is 5.26 Å². The fourth-order valence-electron chi connectivity index (χ4n) is 2.48. The van der Waals surface area contributed by atoms with Crippen LogP contribution in [-0.2, 0) is 0 Å². The molecule has 0 aliphatic heterocycles. The fraction of sp³-hybridized carbons (Fsp3) is 0.520. The number of aromatic nitrogens is 1. The number of rotatable bonds is 5. The van der Waals surface area contributed by atoms with Crippen molar-refractivity contribution < 1.29 is 0 Å². The van der Waals surface area contributed by atoms with E-state index >= 15 is 0 Å². The normalized spacial score (nSPS) is 15.5. The lowest BCUT2D eigenvalue weighted by Crippen LogP contribution is -2.11. The van der Waals surface area contributed by atoms with Gasteiger partial charge in [0.05, 0.1) is 11.8 Å². The molecule has 1 aliphatic carbocycles. The molecule has 28 heavy (non-hydrogen) atoms. The Balaban J connectivity index is 0.000000906. The van der Waals surface area contributed by atoms with Crippen LogP contribution in [0.2, 0.25) is 0 Å². The van der Waals surface area contributed by atoms with Gasteiger partial charge in [-0.3, -0.25) is 4.98 Å². The maximum atomic E-state index is 9.16. The van der Waals surface area contributed by atoms with Gasteiger partial charge >= 0.3 is 0 Å². The van der Waals surface area contributed by atoms with Crippen molar-refractivity contribution in [2.24, 2.45) is 11.8 Å². The summed E-state index contributed by atoms with van der Waals surface area (Å²) in [4.78, 5) is 6.58. The van der Waals surface area contributed by atoms with Gasteiger partial charge in [0.15, 0.2) is 0 Å². The van der Waals surface area contributed by atoms with E-state index in [1.807, 2.05) is 59.3 Å². The summed E-state index contributed by atoms with van der Waals surface area (Å²) in [6.45, 7) is 12.7. The Morgan fingerprint density at radius 2 is 1.96 bits per heavy atom. The maximum Gasteiger partial charge on any atom is 0.0988 e. The van der Waals surface area contributed by atoms with Crippen molar-refractivity contribution >= 4 is 11.3 Å². The largest absolute Gasteiger partial charge is 0.378 e. The molecule has 1 heterocycles. The highest BCUT2D eigenvalue weighted by atomic mass is 15.1. The van der Waals surface area contributed by atoms with Crippen molar-refractivity contribution in [2.45, 2.75) is 60.8 Å². The predicted octanol–water partition coefficient (Wildman–Crippen LogP) is 7.05. The maximum absolute atomic E-state index is 9.16. The zero-order chi connectivity index (χ0) is 21.5. The van der Waals surface area contributed by atoms with Crippen molar-refractivity contribution in [3.63, 3.8) is 0 Å². The molecule has 1 aromatic heterocycles. The van der Waals surface area contributed by atoms with Crippen molar-refractivity contribution in [1.29, 1.82) is 5.26 Å². The molecular weight excluding hydrogens is 342 g/mol. The lowest BCUT2D eigenvalue weighted by atomic mass is 9.84. The van der Waals surface area contributed by atoms with E-state index in [0.29, 0.717) is 5.92 Å². The Morgan fingerprint density at radius 3 is 2.46 bits per heavy atom. The van der Waals surface area contributed by atoms with Crippen LogP contribution >= 0.6 is 0 Å². The second-order valence-electron chi connectivity index (χ2n) is 7.20. The summed E-state index contributed by atoms with van der Waals surface area (Å²) in [5, 5.41) is 9.16. The third-order valence-electron chi connectivity index (χ3n) is 4.53. The first-order valence-electron chi connectivity index (χ1n) is 10.5. The van der Waals surface area contributed by atoms with Crippen LogP contribution < -0.4 is 4.90 Å². The summed E-state index contributed by atoms with van der Waals surface area (Å²) in [7, 11) is 4.04. The Kier molecular flexibility index (Phi) is 13.5. The molecule has 0 amide bonds. The summed E-state index contributed by atoms with van der Waals surface area (Å²) in [6, 6.07) is 6.33. The van der Waals surface area contributed by atoms with Gasteiger partial charge in [-0.05, 0) is 55.4 Å². The van der Waals surface area contributed by atoms with Gasteiger partial charge in [-0.25, -0.2) is 0 Å². The molecule has 154 valence electrons. The van der Waals surface area contributed by atoms with Crippen molar-refractivity contribution in [3.8, 4) is 6.07 Å². The van der Waals surface area contributed by atoms with Gasteiger partial charge in [0.1, 0.15) is 0 Å². The van der Waals surface area contributed by atoms with Crippen LogP contribution in [0.25, 0.3) is 5.57 Å². The molecule has 0 saturated carbocycles. The van der Waals surface area contributed by atoms with Crippen molar-refractivity contribution in [1.82, 2.24) is 4.98 Å². The van der Waals surface area contributed by atoms with Crippen LogP contribution in [0.5, 0.6) is 0 Å². The third kappa shape index (κ3) is 9.04. The topological polar surface area (TPSA) is 39.9 Å². The minimum absolute atomic E-state index is 0.392. The van der Waals surface area contributed by atoms with Crippen LogP contribution in [0.3, 0.4) is 0 Å². The van der Waals surface area contributed by atoms with Crippen LogP contribution in [0, 0.1) is 23.2 Å². The molecule has 1 unspecified atom stereocenters. The number of nitrogens with zero attached hydrogens (tertiary/aromatic N) is 3. The van der Waals surface area contributed by atoms with Gasteiger partial charge in [0.2, 0.25) is 0 Å². The highest BCUT2D eigenvalue weighted by molar-refractivity contribution is 5.72. The molecular formula is C25H39N3. The molecule has 3 nitrogen and oxygen atoms in total. The van der Waals surface area contributed by atoms with E-state index in [2.05, 4.69) is 54.9 Å². The second kappa shape index (κ2) is 14.7. The van der Waals surface area contributed by atoms with Gasteiger partial charge < -0.3 is 4.90 Å². The van der Waals surface area contributed by atoms with Crippen molar-refractivity contribution in [2.75, 3.05) is 19.0 Å². The predicted molar refractivity (Wildman–Crippen MR) is 124 cm³/mol. The smallest absolute Gasteiger partial charge is 0.0988 e. The van der Waals surface area contributed by atoms with E-state index in [0.717, 1.165) is 41.3 Å².